The van der Waals surface area contributed by atoms with Crippen molar-refractivity contribution in [1.29, 1.82) is 0 Å². The summed E-state index contributed by atoms with van der Waals surface area (Å²) < 4.78 is 5.00. The van der Waals surface area contributed by atoms with Crippen LogP contribution in [0.4, 0.5) is 0 Å². The molecule has 18 heavy (non-hydrogen) atoms. The average molecular weight is 250 g/mol. The minimum Gasteiger partial charge on any atom is -0.480 e. The molecule has 1 N–H and O–H groups in total. The molecule has 0 spiro atoms. The summed E-state index contributed by atoms with van der Waals surface area (Å²) in [5, 5.41) is 9.10. The van der Waals surface area contributed by atoms with Crippen LogP contribution >= 0.6 is 0 Å². The fourth-order valence-corrected chi connectivity index (χ4v) is 1.63. The zero-order chi connectivity index (χ0) is 13.4. The van der Waals surface area contributed by atoms with Crippen LogP contribution in [0, 0.1) is 0 Å². The van der Waals surface area contributed by atoms with Gasteiger partial charge in [-0.15, -0.1) is 0 Å². The summed E-state index contributed by atoms with van der Waals surface area (Å²) in [4.78, 5) is 22.9. The predicted molar refractivity (Wildman–Crippen MR) is 67.3 cm³/mol. The number of hydrogen-bond acceptors (Lipinski definition) is 3. The number of benzene rings is 1. The van der Waals surface area contributed by atoms with E-state index in [0.29, 0.717) is 5.56 Å². The van der Waals surface area contributed by atoms with Crippen molar-refractivity contribution < 1.29 is 19.4 Å². The van der Waals surface area contributed by atoms with Crippen molar-refractivity contribution in [3.8, 4) is 0 Å². The summed E-state index contributed by atoms with van der Waals surface area (Å²) >= 11 is 0. The minimum atomic E-state index is -1.23. The van der Waals surface area contributed by atoms with Gasteiger partial charge in [0.05, 0.1) is 6.61 Å². The van der Waals surface area contributed by atoms with Gasteiger partial charge in [0.25, 0.3) is 0 Å². The number of carbonyl (C=O) groups excluding carboxylic acids is 1. The van der Waals surface area contributed by atoms with Crippen molar-refractivity contribution in [2.24, 2.45) is 0 Å². The fraction of sp³-hybridized carbons (Fsp3) is 0.429. The lowest BCUT2D eigenvalue weighted by Gasteiger charge is -2.12. The molecule has 98 valence electrons. The maximum Gasteiger partial charge on any atom is 0.324 e. The second-order valence-electron chi connectivity index (χ2n) is 4.06. The molecule has 0 fully saturated rings. The molecule has 1 atom stereocenters. The number of carboxylic acid groups (broad SMARTS) is 1. The van der Waals surface area contributed by atoms with Crippen LogP contribution in [0.15, 0.2) is 30.3 Å². The SMILES string of the molecule is CCCCCOC(=O)C(C(=O)O)c1ccccc1. The Morgan fingerprint density at radius 1 is 1.22 bits per heavy atom. The van der Waals surface area contributed by atoms with Gasteiger partial charge in [0.15, 0.2) is 5.92 Å². The lowest BCUT2D eigenvalue weighted by molar-refractivity contribution is -0.154. The summed E-state index contributed by atoms with van der Waals surface area (Å²) in [6.45, 7) is 2.33. The lowest BCUT2D eigenvalue weighted by Crippen LogP contribution is -2.24. The van der Waals surface area contributed by atoms with Crippen molar-refractivity contribution in [1.82, 2.24) is 0 Å². The molecule has 1 aromatic rings. The molecule has 0 saturated carbocycles. The number of esters is 1. The smallest absolute Gasteiger partial charge is 0.324 e. The van der Waals surface area contributed by atoms with Crippen LogP contribution in [0.5, 0.6) is 0 Å². The van der Waals surface area contributed by atoms with Crippen molar-refractivity contribution in [3.05, 3.63) is 35.9 Å². The Bertz CT molecular complexity index is 386. The Hall–Kier alpha value is -1.84. The van der Waals surface area contributed by atoms with Gasteiger partial charge in [-0.2, -0.15) is 0 Å². The van der Waals surface area contributed by atoms with Crippen molar-refractivity contribution in [2.45, 2.75) is 32.1 Å². The molecule has 0 saturated heterocycles. The van der Waals surface area contributed by atoms with E-state index in [9.17, 15) is 9.59 Å². The molecule has 0 aliphatic carbocycles. The quantitative estimate of drug-likeness (QED) is 0.459. The van der Waals surface area contributed by atoms with Crippen LogP contribution in [-0.4, -0.2) is 23.7 Å². The fourth-order valence-electron chi connectivity index (χ4n) is 1.63. The average Bonchev–Trinajstić information content (AvgIpc) is 2.36. The van der Waals surface area contributed by atoms with Gasteiger partial charge in [-0.3, -0.25) is 9.59 Å². The minimum absolute atomic E-state index is 0.281. The third kappa shape index (κ3) is 4.20. The second kappa shape index (κ2) is 7.48. The van der Waals surface area contributed by atoms with Crippen LogP contribution in [-0.2, 0) is 14.3 Å². The molecule has 1 unspecified atom stereocenters. The van der Waals surface area contributed by atoms with Gasteiger partial charge >= 0.3 is 11.9 Å². The third-order valence-corrected chi connectivity index (χ3v) is 2.61. The number of carbonyl (C=O) groups is 2. The molecule has 0 aliphatic rings. The molecule has 4 nitrogen and oxygen atoms in total. The van der Waals surface area contributed by atoms with Crippen LogP contribution < -0.4 is 0 Å². The summed E-state index contributed by atoms with van der Waals surface area (Å²) in [6, 6.07) is 8.42. The zero-order valence-corrected chi connectivity index (χ0v) is 10.5. The summed E-state index contributed by atoms with van der Waals surface area (Å²) in [7, 11) is 0. The first-order chi connectivity index (χ1) is 8.66. The van der Waals surface area contributed by atoms with E-state index in [1.807, 2.05) is 6.92 Å². The van der Waals surface area contributed by atoms with Gasteiger partial charge < -0.3 is 9.84 Å². The Labute approximate surface area is 107 Å². The Morgan fingerprint density at radius 3 is 2.44 bits per heavy atom. The molecule has 0 radical (unpaired) electrons. The van der Waals surface area contributed by atoms with E-state index in [1.54, 1.807) is 30.3 Å². The van der Waals surface area contributed by atoms with E-state index in [-0.39, 0.29) is 6.61 Å². The van der Waals surface area contributed by atoms with Gasteiger partial charge in [-0.25, -0.2) is 0 Å². The molecule has 0 amide bonds. The predicted octanol–water partition coefficient (Wildman–Crippen LogP) is 2.59. The van der Waals surface area contributed by atoms with E-state index in [2.05, 4.69) is 0 Å². The number of unbranched alkanes of at least 4 members (excludes halogenated alkanes) is 2. The Balaban J connectivity index is 2.63. The molecular formula is C14H18O4. The number of rotatable bonds is 7. The van der Waals surface area contributed by atoms with Crippen molar-refractivity contribution >= 4 is 11.9 Å². The summed E-state index contributed by atoms with van der Waals surface area (Å²) in [6.07, 6.45) is 2.76. The van der Waals surface area contributed by atoms with Gasteiger partial charge in [0.1, 0.15) is 0 Å². The first kappa shape index (κ1) is 14.2. The lowest BCUT2D eigenvalue weighted by atomic mass is 10.00. The highest BCUT2D eigenvalue weighted by Crippen LogP contribution is 2.17. The van der Waals surface area contributed by atoms with Gasteiger partial charge in [-0.1, -0.05) is 50.1 Å². The van der Waals surface area contributed by atoms with Crippen LogP contribution in [0.1, 0.15) is 37.7 Å². The number of aliphatic carboxylic acids is 1. The van der Waals surface area contributed by atoms with E-state index < -0.39 is 17.9 Å². The molecule has 1 rings (SSSR count). The highest BCUT2D eigenvalue weighted by Gasteiger charge is 2.29. The first-order valence-corrected chi connectivity index (χ1v) is 6.11. The third-order valence-electron chi connectivity index (χ3n) is 2.61. The molecular weight excluding hydrogens is 232 g/mol. The van der Waals surface area contributed by atoms with Crippen LogP contribution in [0.3, 0.4) is 0 Å². The number of carboxylic acids is 1. The van der Waals surface area contributed by atoms with E-state index >= 15 is 0 Å². The Morgan fingerprint density at radius 2 is 1.89 bits per heavy atom. The molecule has 0 aliphatic heterocycles. The van der Waals surface area contributed by atoms with Gasteiger partial charge in [0, 0.05) is 0 Å². The first-order valence-electron chi connectivity index (χ1n) is 6.11. The monoisotopic (exact) mass is 250 g/mol. The number of hydrogen-bond donors (Lipinski definition) is 1. The zero-order valence-electron chi connectivity index (χ0n) is 10.5. The maximum atomic E-state index is 11.7. The molecule has 0 aromatic heterocycles. The highest BCUT2D eigenvalue weighted by atomic mass is 16.5. The van der Waals surface area contributed by atoms with E-state index in [1.165, 1.54) is 0 Å². The van der Waals surface area contributed by atoms with Gasteiger partial charge in [0.2, 0.25) is 0 Å². The van der Waals surface area contributed by atoms with E-state index in [0.717, 1.165) is 19.3 Å². The summed E-state index contributed by atoms with van der Waals surface area (Å²) in [5.41, 5.74) is 0.450. The normalized spacial score (nSPS) is 11.8. The van der Waals surface area contributed by atoms with Crippen LogP contribution in [0.2, 0.25) is 0 Å². The van der Waals surface area contributed by atoms with Crippen LogP contribution in [0.25, 0.3) is 0 Å². The number of ether oxygens (including phenoxy) is 1. The molecule has 0 bridgehead atoms. The summed E-state index contributed by atoms with van der Waals surface area (Å²) in [5.74, 6) is -3.10. The topological polar surface area (TPSA) is 63.6 Å². The largest absolute Gasteiger partial charge is 0.480 e. The van der Waals surface area contributed by atoms with E-state index in [4.69, 9.17) is 9.84 Å². The van der Waals surface area contributed by atoms with Crippen molar-refractivity contribution in [2.75, 3.05) is 6.61 Å². The van der Waals surface area contributed by atoms with Crippen molar-refractivity contribution in [3.63, 3.8) is 0 Å². The highest BCUT2D eigenvalue weighted by molar-refractivity contribution is 5.99. The Kier molecular flexibility index (Phi) is 5.91. The van der Waals surface area contributed by atoms with Gasteiger partial charge in [-0.05, 0) is 12.0 Å². The molecule has 0 heterocycles. The second-order valence-corrected chi connectivity index (χ2v) is 4.06. The molecule has 4 heteroatoms. The standard InChI is InChI=1S/C14H18O4/c1-2-3-7-10-18-14(17)12(13(15)16)11-8-5-4-6-9-11/h4-6,8-9,12H,2-3,7,10H2,1H3,(H,15,16). The molecule has 1 aromatic carbocycles. The maximum absolute atomic E-state index is 11.7.